The fraction of sp³-hybridized carbons (Fsp3) is 0.375. The van der Waals surface area contributed by atoms with E-state index in [0.717, 1.165) is 6.42 Å². The number of halogens is 1. The van der Waals surface area contributed by atoms with Crippen molar-refractivity contribution in [1.82, 2.24) is 14.8 Å². The van der Waals surface area contributed by atoms with Gasteiger partial charge in [-0.25, -0.2) is 28.2 Å². The number of amides is 1. The summed E-state index contributed by atoms with van der Waals surface area (Å²) in [5.41, 5.74) is 2.18. The first-order chi connectivity index (χ1) is 17.0. The van der Waals surface area contributed by atoms with Gasteiger partial charge in [0.1, 0.15) is 15.7 Å². The molecular formula is C24H27FN6O4S. The molecule has 0 saturated carbocycles. The molecule has 10 nitrogen and oxygen atoms in total. The lowest BCUT2D eigenvalue weighted by Crippen LogP contribution is -2.33. The van der Waals surface area contributed by atoms with E-state index >= 15 is 4.39 Å². The third kappa shape index (κ3) is 4.20. The zero-order valence-electron chi connectivity index (χ0n) is 20.2. The molecule has 1 amide bonds. The van der Waals surface area contributed by atoms with Gasteiger partial charge in [0, 0.05) is 23.2 Å². The van der Waals surface area contributed by atoms with E-state index in [1.807, 2.05) is 13.8 Å². The first kappa shape index (κ1) is 24.2. The van der Waals surface area contributed by atoms with Crippen LogP contribution in [-0.2, 0) is 29.3 Å². The van der Waals surface area contributed by atoms with Gasteiger partial charge in [0.05, 0.1) is 25.9 Å². The van der Waals surface area contributed by atoms with Gasteiger partial charge in [-0.05, 0) is 48.1 Å². The summed E-state index contributed by atoms with van der Waals surface area (Å²) in [7, 11) is -2.37. The number of fused-ring (bicyclic) bond motifs is 2. The smallest absolute Gasteiger partial charge is 0.277 e. The van der Waals surface area contributed by atoms with Crippen molar-refractivity contribution >= 4 is 21.5 Å². The van der Waals surface area contributed by atoms with Gasteiger partial charge in [-0.15, -0.1) is 0 Å². The van der Waals surface area contributed by atoms with E-state index in [2.05, 4.69) is 15.4 Å². The van der Waals surface area contributed by atoms with Crippen molar-refractivity contribution in [3.05, 3.63) is 47.0 Å². The Morgan fingerprint density at radius 1 is 1.33 bits per heavy atom. The van der Waals surface area contributed by atoms with Crippen LogP contribution in [0.4, 0.5) is 10.1 Å². The Kier molecular flexibility index (Phi) is 5.75. The fourth-order valence-corrected chi connectivity index (χ4v) is 5.62. The molecule has 12 heteroatoms. The number of pyridine rings is 1. The summed E-state index contributed by atoms with van der Waals surface area (Å²) in [4.78, 5) is 17.5. The van der Waals surface area contributed by atoms with E-state index in [4.69, 9.17) is 19.4 Å². The van der Waals surface area contributed by atoms with E-state index in [9.17, 15) is 9.00 Å². The number of anilines is 1. The van der Waals surface area contributed by atoms with Gasteiger partial charge in [-0.3, -0.25) is 4.79 Å². The first-order valence-electron chi connectivity index (χ1n) is 11.4. The molecule has 2 aliphatic rings. The number of nitrogens with zero attached hydrogens (tertiary/aromatic N) is 3. The summed E-state index contributed by atoms with van der Waals surface area (Å²) in [6.45, 7) is 4.62. The van der Waals surface area contributed by atoms with E-state index in [0.29, 0.717) is 59.8 Å². The summed E-state index contributed by atoms with van der Waals surface area (Å²) >= 11 is 0. The van der Waals surface area contributed by atoms with Crippen LogP contribution in [0.5, 0.6) is 11.8 Å². The van der Waals surface area contributed by atoms with Crippen molar-refractivity contribution in [1.29, 1.82) is 4.78 Å². The maximum Gasteiger partial charge on any atom is 0.277 e. The number of carbonyl (C=O) groups is 1. The van der Waals surface area contributed by atoms with Crippen LogP contribution in [0.15, 0.2) is 29.3 Å². The number of methoxy groups -OCH3 is 1. The predicted molar refractivity (Wildman–Crippen MR) is 131 cm³/mol. The largest absolute Gasteiger partial charge is 0.481 e. The first-order valence-corrected chi connectivity index (χ1v) is 13.1. The molecule has 0 radical (unpaired) electrons. The van der Waals surface area contributed by atoms with E-state index in [-0.39, 0.29) is 27.7 Å². The van der Waals surface area contributed by atoms with Gasteiger partial charge in [-0.1, -0.05) is 13.8 Å². The second kappa shape index (κ2) is 8.56. The van der Waals surface area contributed by atoms with E-state index in [1.165, 1.54) is 24.1 Å². The highest BCUT2D eigenvalue weighted by atomic mass is 32.2. The topological polar surface area (TPSA) is 145 Å². The van der Waals surface area contributed by atoms with Gasteiger partial charge in [0.25, 0.3) is 5.91 Å². The Balaban J connectivity index is 1.64. The zero-order valence-corrected chi connectivity index (χ0v) is 21.0. The molecule has 0 spiro atoms. The Morgan fingerprint density at radius 2 is 2.08 bits per heavy atom. The van der Waals surface area contributed by atoms with Crippen LogP contribution in [0.2, 0.25) is 0 Å². The second-order valence-electron chi connectivity index (χ2n) is 9.83. The average molecular weight is 515 g/mol. The lowest BCUT2D eigenvalue weighted by Gasteiger charge is -2.30. The van der Waals surface area contributed by atoms with Crippen molar-refractivity contribution in [3.63, 3.8) is 0 Å². The minimum absolute atomic E-state index is 0.0606. The zero-order chi connectivity index (χ0) is 25.8. The van der Waals surface area contributed by atoms with Crippen molar-refractivity contribution in [3.8, 4) is 22.9 Å². The number of rotatable bonds is 5. The minimum Gasteiger partial charge on any atom is -0.481 e. The molecular weight excluding hydrogens is 487 g/mol. The molecule has 3 heterocycles. The van der Waals surface area contributed by atoms with Crippen LogP contribution in [0.1, 0.15) is 41.9 Å². The summed E-state index contributed by atoms with van der Waals surface area (Å²) in [6.07, 6.45) is 3.41. The van der Waals surface area contributed by atoms with Crippen LogP contribution < -0.4 is 19.9 Å². The summed E-state index contributed by atoms with van der Waals surface area (Å²) in [5.74, 6) is -0.658. The number of carbonyl (C=O) groups excluding carboxylic acids is 1. The SMILES string of the molecule is COc1cc(-c2cc(F)c3c(c2NC(=O)c2nn4c(c2S(=N)(N)=O)OCC(C)(C)C4)CCC3)ccn1. The number of ether oxygens (including phenoxy) is 2. The highest BCUT2D eigenvalue weighted by Gasteiger charge is 2.37. The number of hydrogen-bond acceptors (Lipinski definition) is 7. The van der Waals surface area contributed by atoms with Crippen LogP contribution in [0, 0.1) is 16.0 Å². The number of aromatic nitrogens is 3. The van der Waals surface area contributed by atoms with Gasteiger partial charge >= 0.3 is 0 Å². The van der Waals surface area contributed by atoms with Gasteiger partial charge in [-0.2, -0.15) is 5.10 Å². The van der Waals surface area contributed by atoms with Crippen molar-refractivity contribution < 1.29 is 22.9 Å². The molecule has 4 N–H and O–H groups in total. The fourth-order valence-electron chi connectivity index (χ4n) is 4.78. The quantitative estimate of drug-likeness (QED) is 0.475. The molecule has 0 saturated heterocycles. The maximum absolute atomic E-state index is 15.0. The monoisotopic (exact) mass is 514 g/mol. The lowest BCUT2D eigenvalue weighted by atomic mass is 9.94. The Labute approximate surface area is 208 Å². The second-order valence-corrected chi connectivity index (χ2v) is 11.4. The van der Waals surface area contributed by atoms with Crippen LogP contribution in [-0.4, -0.2) is 38.6 Å². The van der Waals surface area contributed by atoms with Crippen LogP contribution in [0.3, 0.4) is 0 Å². The van der Waals surface area contributed by atoms with Crippen molar-refractivity contribution in [2.24, 2.45) is 10.6 Å². The summed E-state index contributed by atoms with van der Waals surface area (Å²) < 4.78 is 48.2. The van der Waals surface area contributed by atoms with Gasteiger partial charge in [0.15, 0.2) is 10.6 Å². The highest BCUT2D eigenvalue weighted by Crippen LogP contribution is 2.41. The van der Waals surface area contributed by atoms with Crippen molar-refractivity contribution in [2.75, 3.05) is 19.0 Å². The molecule has 36 heavy (non-hydrogen) atoms. The molecule has 1 aliphatic carbocycles. The molecule has 1 atom stereocenters. The molecule has 0 bridgehead atoms. The maximum atomic E-state index is 15.0. The predicted octanol–water partition coefficient (Wildman–Crippen LogP) is 3.53. The minimum atomic E-state index is -3.85. The lowest BCUT2D eigenvalue weighted by molar-refractivity contribution is 0.0967. The van der Waals surface area contributed by atoms with E-state index in [1.54, 1.807) is 12.1 Å². The average Bonchev–Trinajstić information content (AvgIpc) is 3.45. The highest BCUT2D eigenvalue weighted by molar-refractivity contribution is 7.90. The molecule has 0 fully saturated rings. The molecule has 190 valence electrons. The number of hydrogen-bond donors (Lipinski definition) is 3. The third-order valence-electron chi connectivity index (χ3n) is 6.40. The molecule has 5 rings (SSSR count). The van der Waals surface area contributed by atoms with Gasteiger partial charge in [0.2, 0.25) is 11.8 Å². The number of nitrogens with two attached hydrogens (primary N) is 1. The standard InChI is InChI=1S/C24H27FN6O4S/c1-24(2)11-31-23(35-12-24)21(36(26,27)33)20(30-31)22(32)29-19-15-6-4-5-14(15)17(25)10-16(19)13-7-8-28-18(9-13)34-3/h7-10H,4-6,11-12H2,1-3H3,(H,29,32)(H3,26,27,33). The molecule has 3 aromatic rings. The molecule has 1 aliphatic heterocycles. The Bertz CT molecular complexity index is 1500. The normalized spacial score (nSPS) is 17.5. The summed E-state index contributed by atoms with van der Waals surface area (Å²) in [6, 6.07) is 4.73. The van der Waals surface area contributed by atoms with Crippen LogP contribution in [0.25, 0.3) is 11.1 Å². The molecule has 1 unspecified atom stereocenters. The van der Waals surface area contributed by atoms with Crippen molar-refractivity contribution in [2.45, 2.75) is 44.6 Å². The van der Waals surface area contributed by atoms with E-state index < -0.39 is 15.8 Å². The molecule has 2 aromatic heterocycles. The van der Waals surface area contributed by atoms with Crippen LogP contribution >= 0.6 is 0 Å². The number of benzene rings is 1. The Morgan fingerprint density at radius 3 is 2.81 bits per heavy atom. The summed E-state index contributed by atoms with van der Waals surface area (Å²) in [5, 5.41) is 12.9. The third-order valence-corrected chi connectivity index (χ3v) is 7.38. The number of nitrogens with one attached hydrogen (secondary N) is 2. The molecule has 1 aromatic carbocycles. The Hall–Kier alpha value is -3.51. The van der Waals surface area contributed by atoms with Gasteiger partial charge < -0.3 is 14.8 Å².